The van der Waals surface area contributed by atoms with E-state index < -0.39 is 29.2 Å². The number of unbranched alkanes of at least 4 members (excludes halogenated alkanes) is 1. The third kappa shape index (κ3) is 7.83. The highest BCUT2D eigenvalue weighted by atomic mass is 16.7. The lowest BCUT2D eigenvalue weighted by molar-refractivity contribution is -0.145. The number of carboxylic acid groups (broad SMARTS) is 1. The Hall–Kier alpha value is -1.85. The van der Waals surface area contributed by atoms with E-state index in [2.05, 4.69) is 10.6 Å². The van der Waals surface area contributed by atoms with Gasteiger partial charge in [0.15, 0.2) is 0 Å². The Labute approximate surface area is 222 Å². The van der Waals surface area contributed by atoms with E-state index in [4.69, 9.17) is 14.0 Å². The van der Waals surface area contributed by atoms with Crippen molar-refractivity contribution in [1.82, 2.24) is 15.5 Å². The Morgan fingerprint density at radius 2 is 1.70 bits per heavy atom. The second-order valence-corrected chi connectivity index (χ2v) is 12.9. The molecule has 0 spiro atoms. The first-order valence-electron chi connectivity index (χ1n) is 13.4. The fourth-order valence-corrected chi connectivity index (χ4v) is 4.76. The van der Waals surface area contributed by atoms with Gasteiger partial charge in [0.05, 0.1) is 11.2 Å². The number of carbonyl (C=O) groups is 3. The number of nitrogens with zero attached hydrogens (tertiary/aromatic N) is 1. The summed E-state index contributed by atoms with van der Waals surface area (Å²) in [7, 11) is 1.36. The number of aliphatic carboxylic acids is 1. The van der Waals surface area contributed by atoms with Crippen molar-refractivity contribution in [3.8, 4) is 0 Å². The highest BCUT2D eigenvalue weighted by Crippen LogP contribution is 2.38. The number of rotatable bonds is 10. The van der Waals surface area contributed by atoms with E-state index in [0.29, 0.717) is 25.7 Å². The van der Waals surface area contributed by atoms with E-state index in [1.165, 1.54) is 0 Å². The topological polar surface area (TPSA) is 126 Å². The van der Waals surface area contributed by atoms with E-state index in [9.17, 15) is 19.5 Å². The smallest absolute Gasteiger partial charge is 0.457 e. The van der Waals surface area contributed by atoms with Gasteiger partial charge in [-0.15, -0.1) is 0 Å². The summed E-state index contributed by atoms with van der Waals surface area (Å²) in [5, 5.41) is 16.0. The van der Waals surface area contributed by atoms with Crippen LogP contribution in [0.5, 0.6) is 0 Å². The van der Waals surface area contributed by atoms with Crippen LogP contribution in [-0.2, 0) is 23.6 Å². The van der Waals surface area contributed by atoms with Crippen molar-refractivity contribution in [3.05, 3.63) is 0 Å². The van der Waals surface area contributed by atoms with Crippen LogP contribution in [0.2, 0.25) is 6.32 Å². The fourth-order valence-electron chi connectivity index (χ4n) is 4.76. The van der Waals surface area contributed by atoms with E-state index in [1.807, 2.05) is 41.5 Å². The van der Waals surface area contributed by atoms with Crippen molar-refractivity contribution in [2.75, 3.05) is 13.6 Å². The zero-order valence-corrected chi connectivity index (χ0v) is 24.4. The molecule has 0 aromatic heterocycles. The number of ether oxygens (including phenoxy) is 1. The Bertz CT molecular complexity index is 827. The normalized spacial score (nSPS) is 25.7. The molecule has 2 heterocycles. The van der Waals surface area contributed by atoms with Crippen LogP contribution in [-0.4, -0.2) is 83.1 Å². The van der Waals surface area contributed by atoms with Crippen LogP contribution >= 0.6 is 0 Å². The van der Waals surface area contributed by atoms with Gasteiger partial charge >= 0.3 is 19.2 Å². The van der Waals surface area contributed by atoms with Crippen molar-refractivity contribution in [2.24, 2.45) is 5.92 Å². The van der Waals surface area contributed by atoms with E-state index in [1.54, 1.807) is 32.7 Å². The van der Waals surface area contributed by atoms with Crippen LogP contribution in [0.15, 0.2) is 0 Å². The highest BCUT2D eigenvalue weighted by Gasteiger charge is 2.51. The van der Waals surface area contributed by atoms with E-state index in [0.717, 1.165) is 6.42 Å². The van der Waals surface area contributed by atoms with Gasteiger partial charge in [0.1, 0.15) is 17.2 Å². The van der Waals surface area contributed by atoms with Crippen LogP contribution in [0.3, 0.4) is 0 Å². The quantitative estimate of drug-likeness (QED) is 0.293. The highest BCUT2D eigenvalue weighted by molar-refractivity contribution is 6.45. The molecule has 212 valence electrons. The predicted molar refractivity (Wildman–Crippen MR) is 142 cm³/mol. The standard InChI is InChI=1S/C26H48BN3O7/c1-17(2)19(29-22(34)35-23(3,4)5)20(31)30(10)18-15-26(21(32)33,28-16-18)13-11-12-14-27-36-24(6,7)25(8,9)37-27/h17-19,28H,11-16H2,1-10H3,(H,29,34)(H,32,33)/t18-,19?,26-/m1/s1. The van der Waals surface area contributed by atoms with Crippen LogP contribution < -0.4 is 10.6 Å². The molecule has 0 aliphatic carbocycles. The van der Waals surface area contributed by atoms with Gasteiger partial charge < -0.3 is 29.4 Å². The van der Waals surface area contributed by atoms with Gasteiger partial charge in [-0.2, -0.15) is 0 Å². The molecule has 3 atom stereocenters. The van der Waals surface area contributed by atoms with Crippen LogP contribution in [0.1, 0.15) is 88.0 Å². The molecule has 0 radical (unpaired) electrons. The molecular weight excluding hydrogens is 477 g/mol. The first-order chi connectivity index (χ1) is 16.8. The van der Waals surface area contributed by atoms with Crippen molar-refractivity contribution in [3.63, 3.8) is 0 Å². The molecule has 2 aliphatic rings. The molecule has 2 amide bonds. The first-order valence-corrected chi connectivity index (χ1v) is 13.4. The van der Waals surface area contributed by atoms with Gasteiger partial charge in [0.25, 0.3) is 0 Å². The zero-order chi connectivity index (χ0) is 28.4. The average Bonchev–Trinajstić information content (AvgIpc) is 3.25. The Balaban J connectivity index is 1.95. The number of carbonyl (C=O) groups excluding carboxylic acids is 2. The Morgan fingerprint density at radius 1 is 1.14 bits per heavy atom. The molecule has 11 heteroatoms. The molecule has 0 saturated carbocycles. The van der Waals surface area contributed by atoms with Gasteiger partial charge in [0, 0.05) is 19.6 Å². The summed E-state index contributed by atoms with van der Waals surface area (Å²) in [6.07, 6.45) is 2.21. The maximum atomic E-state index is 13.3. The zero-order valence-electron chi connectivity index (χ0n) is 24.4. The third-order valence-electron chi connectivity index (χ3n) is 7.77. The summed E-state index contributed by atoms with van der Waals surface area (Å²) in [5.74, 6) is -1.36. The van der Waals surface area contributed by atoms with Crippen LogP contribution in [0.25, 0.3) is 0 Å². The van der Waals surface area contributed by atoms with Crippen LogP contribution in [0.4, 0.5) is 4.79 Å². The van der Waals surface area contributed by atoms with E-state index >= 15 is 0 Å². The number of nitrogens with one attached hydrogen (secondary N) is 2. The number of likely N-dealkylation sites (N-methyl/N-ethyl adjacent to an activating group) is 1. The first kappa shape index (κ1) is 31.4. The second-order valence-electron chi connectivity index (χ2n) is 12.9. The summed E-state index contributed by atoms with van der Waals surface area (Å²) < 4.78 is 17.4. The maximum Gasteiger partial charge on any atom is 0.457 e. The maximum absolute atomic E-state index is 13.3. The van der Waals surface area contributed by atoms with Crippen molar-refractivity contribution < 1.29 is 33.5 Å². The molecule has 3 N–H and O–H groups in total. The molecule has 1 unspecified atom stereocenters. The van der Waals surface area contributed by atoms with Gasteiger partial charge in [-0.05, 0) is 73.5 Å². The lowest BCUT2D eigenvalue weighted by Gasteiger charge is -2.32. The fraction of sp³-hybridized carbons (Fsp3) is 0.885. The minimum absolute atomic E-state index is 0.170. The molecule has 2 rings (SSSR count). The lowest BCUT2D eigenvalue weighted by Crippen LogP contribution is -2.53. The number of hydrogen-bond donors (Lipinski definition) is 3. The second kappa shape index (κ2) is 11.5. The molecule has 2 saturated heterocycles. The summed E-state index contributed by atoms with van der Waals surface area (Å²) in [5.41, 5.74) is -2.56. The molecule has 0 aromatic rings. The lowest BCUT2D eigenvalue weighted by atomic mass is 9.80. The summed E-state index contributed by atoms with van der Waals surface area (Å²) in [6.45, 7) is 17.4. The van der Waals surface area contributed by atoms with Gasteiger partial charge in [0.2, 0.25) is 5.91 Å². The number of alkyl carbamates (subject to hydrolysis) is 1. The van der Waals surface area contributed by atoms with E-state index in [-0.39, 0.29) is 42.6 Å². The Kier molecular flexibility index (Phi) is 9.75. The summed E-state index contributed by atoms with van der Waals surface area (Å²) >= 11 is 0. The molecule has 0 bridgehead atoms. The van der Waals surface area contributed by atoms with Gasteiger partial charge in [-0.3, -0.25) is 14.9 Å². The number of amides is 2. The molecule has 37 heavy (non-hydrogen) atoms. The summed E-state index contributed by atoms with van der Waals surface area (Å²) in [4.78, 5) is 39.5. The van der Waals surface area contributed by atoms with Gasteiger partial charge in [-0.1, -0.05) is 26.7 Å². The minimum Gasteiger partial charge on any atom is -0.480 e. The minimum atomic E-state index is -1.11. The van der Waals surface area contributed by atoms with Crippen molar-refractivity contribution >= 4 is 25.1 Å². The molecule has 0 aromatic carbocycles. The SMILES string of the molecule is CC(C)C(NC(=O)OC(C)(C)C)C(=O)N(C)[C@H]1CN[C@@](CCCCB2OC(C)(C)C(C)(C)O2)(C(=O)O)C1. The molecule has 10 nitrogen and oxygen atoms in total. The van der Waals surface area contributed by atoms with Gasteiger partial charge in [-0.25, -0.2) is 4.79 Å². The molecule has 2 fully saturated rings. The Morgan fingerprint density at radius 3 is 2.19 bits per heavy atom. The van der Waals surface area contributed by atoms with Crippen LogP contribution in [0, 0.1) is 5.92 Å². The molecule has 2 aliphatic heterocycles. The van der Waals surface area contributed by atoms with Crippen molar-refractivity contribution in [1.29, 1.82) is 0 Å². The summed E-state index contributed by atoms with van der Waals surface area (Å²) in [6, 6.07) is -1.09. The number of carboxylic acids is 1. The third-order valence-corrected chi connectivity index (χ3v) is 7.77. The monoisotopic (exact) mass is 525 g/mol. The average molecular weight is 525 g/mol. The number of hydrogen-bond acceptors (Lipinski definition) is 7. The largest absolute Gasteiger partial charge is 0.480 e. The predicted octanol–water partition coefficient (Wildman–Crippen LogP) is 3.44. The molecular formula is C26H48BN3O7. The van der Waals surface area contributed by atoms with Crippen molar-refractivity contribution in [2.45, 2.75) is 129 Å².